The van der Waals surface area contributed by atoms with Crippen LogP contribution in [0.3, 0.4) is 0 Å². The smallest absolute Gasteiger partial charge is 0.254 e. The van der Waals surface area contributed by atoms with Crippen molar-refractivity contribution >= 4 is 11.6 Å². The Balaban J connectivity index is 1.53. The molecule has 0 aliphatic heterocycles. The van der Waals surface area contributed by atoms with Crippen molar-refractivity contribution in [3.63, 3.8) is 0 Å². The number of carbonyl (C=O) groups is 1. The molecule has 0 radical (unpaired) electrons. The number of nitrogens with one attached hydrogen (secondary N) is 1. The average molecular weight is 372 g/mol. The van der Waals surface area contributed by atoms with Crippen molar-refractivity contribution in [2.75, 3.05) is 0 Å². The molecule has 0 aromatic rings. The molecule has 0 aromatic carbocycles. The Morgan fingerprint density at radius 1 is 1.22 bits per heavy atom. The minimum atomic E-state index is -0.306. The minimum Gasteiger partial charge on any atom is -0.393 e. The van der Waals surface area contributed by atoms with Crippen LogP contribution in [0.15, 0.2) is 5.10 Å². The number of carbonyl (C=O) groups excluding carboxylic acids is 1. The molecule has 27 heavy (non-hydrogen) atoms. The number of fused-ring (bicyclic) bond motifs is 5. The summed E-state index contributed by atoms with van der Waals surface area (Å²) in [5.74, 6) is 2.57. The van der Waals surface area contributed by atoms with Crippen LogP contribution in [0, 0.1) is 45.8 Å². The van der Waals surface area contributed by atoms with E-state index in [2.05, 4.69) is 24.4 Å². The average Bonchev–Trinajstić information content (AvgIpc) is 2.97. The van der Waals surface area contributed by atoms with Gasteiger partial charge in [0.15, 0.2) is 0 Å². The quantitative estimate of drug-likeness (QED) is 0.724. The summed E-state index contributed by atoms with van der Waals surface area (Å²) in [4.78, 5) is 11.7. The van der Waals surface area contributed by atoms with Crippen LogP contribution in [0.1, 0.15) is 78.1 Å². The molecular formula is C22H33N3O2. The zero-order valence-corrected chi connectivity index (χ0v) is 16.7. The number of aliphatic hydroxyl groups is 1. The molecule has 7 atom stereocenters. The molecule has 5 nitrogen and oxygen atoms in total. The lowest BCUT2D eigenvalue weighted by Crippen LogP contribution is -2.54. The number of hydrogen-bond acceptors (Lipinski definition) is 4. The number of rotatable bonds is 2. The van der Waals surface area contributed by atoms with E-state index in [4.69, 9.17) is 5.26 Å². The van der Waals surface area contributed by atoms with Crippen LogP contribution in [0.4, 0.5) is 0 Å². The van der Waals surface area contributed by atoms with Gasteiger partial charge in [-0.05, 0) is 86.9 Å². The number of aliphatic hydroxyl groups excluding tert-OH is 1. The molecular weight excluding hydrogens is 338 g/mol. The third-order valence-corrected chi connectivity index (χ3v) is 8.93. The predicted molar refractivity (Wildman–Crippen MR) is 104 cm³/mol. The molecule has 0 spiro atoms. The molecule has 148 valence electrons. The summed E-state index contributed by atoms with van der Waals surface area (Å²) >= 11 is 0. The largest absolute Gasteiger partial charge is 0.393 e. The maximum absolute atomic E-state index is 11.7. The Kier molecular flexibility index (Phi) is 4.83. The van der Waals surface area contributed by atoms with Crippen molar-refractivity contribution in [3.8, 4) is 6.07 Å². The van der Waals surface area contributed by atoms with Crippen LogP contribution in [0.2, 0.25) is 0 Å². The normalized spacial score (nSPS) is 47.5. The van der Waals surface area contributed by atoms with Crippen LogP contribution in [-0.2, 0) is 4.79 Å². The standard InChI is InChI=1S/C22H33N3O2/c1-21-10-7-15(26)13-14(21)3-4-16-17-5-6-19(24-25-20(27)9-12-23)22(17,2)11-8-18(16)21/h14-18,26H,3-11,13H2,1-2H3,(H,25,27)/b24-19-/t14-,15-,16-,17-,18-,21-,22-/m0/s1. The molecule has 0 aromatic heterocycles. The first-order chi connectivity index (χ1) is 12.9. The summed E-state index contributed by atoms with van der Waals surface area (Å²) in [6.45, 7) is 4.87. The van der Waals surface area contributed by atoms with E-state index in [-0.39, 0.29) is 23.8 Å². The van der Waals surface area contributed by atoms with Gasteiger partial charge in [0.1, 0.15) is 6.42 Å². The van der Waals surface area contributed by atoms with Crippen LogP contribution in [0.25, 0.3) is 0 Å². The molecule has 4 aliphatic carbocycles. The van der Waals surface area contributed by atoms with Gasteiger partial charge in [-0.1, -0.05) is 13.8 Å². The van der Waals surface area contributed by atoms with Gasteiger partial charge in [0.2, 0.25) is 0 Å². The van der Waals surface area contributed by atoms with Gasteiger partial charge in [0, 0.05) is 11.1 Å². The molecule has 1 amide bonds. The molecule has 0 unspecified atom stereocenters. The van der Waals surface area contributed by atoms with Crippen molar-refractivity contribution < 1.29 is 9.90 Å². The molecule has 4 saturated carbocycles. The number of nitrogens with zero attached hydrogens (tertiary/aromatic N) is 2. The monoisotopic (exact) mass is 371 g/mol. The zero-order valence-electron chi connectivity index (χ0n) is 16.7. The van der Waals surface area contributed by atoms with Gasteiger partial charge < -0.3 is 5.11 Å². The van der Waals surface area contributed by atoms with Crippen LogP contribution < -0.4 is 5.43 Å². The summed E-state index contributed by atoms with van der Waals surface area (Å²) in [5.41, 5.74) is 4.24. The second kappa shape index (κ2) is 6.88. The third-order valence-electron chi connectivity index (χ3n) is 8.93. The molecule has 0 saturated heterocycles. The number of amides is 1. The first kappa shape index (κ1) is 18.9. The van der Waals surface area contributed by atoms with Gasteiger partial charge in [0.05, 0.1) is 12.2 Å². The van der Waals surface area contributed by atoms with Gasteiger partial charge in [-0.2, -0.15) is 10.4 Å². The van der Waals surface area contributed by atoms with E-state index in [1.807, 2.05) is 6.07 Å². The highest BCUT2D eigenvalue weighted by atomic mass is 16.3. The fourth-order valence-corrected chi connectivity index (χ4v) is 7.45. The maximum atomic E-state index is 11.7. The van der Waals surface area contributed by atoms with E-state index < -0.39 is 0 Å². The summed E-state index contributed by atoms with van der Waals surface area (Å²) in [6, 6.07) is 1.88. The SMILES string of the molecule is C[C@]12CC[C@H](O)C[C@@H]1CC[C@@H]1[C@@H]2CC[C@]2(C)/C(=N\NC(=O)CC#N)CC[C@@H]12. The van der Waals surface area contributed by atoms with Crippen molar-refractivity contribution in [2.45, 2.75) is 84.2 Å². The first-order valence-corrected chi connectivity index (χ1v) is 10.8. The maximum Gasteiger partial charge on any atom is 0.254 e. The number of hydrogen-bond donors (Lipinski definition) is 2. The molecule has 0 bridgehead atoms. The topological polar surface area (TPSA) is 85.5 Å². The lowest BCUT2D eigenvalue weighted by Gasteiger charge is -2.60. The Labute approximate surface area is 162 Å². The van der Waals surface area contributed by atoms with Gasteiger partial charge >= 0.3 is 0 Å². The predicted octanol–water partition coefficient (Wildman–Crippen LogP) is 3.78. The fourth-order valence-electron chi connectivity index (χ4n) is 7.45. The van der Waals surface area contributed by atoms with Crippen LogP contribution >= 0.6 is 0 Å². The molecule has 4 fully saturated rings. The van der Waals surface area contributed by atoms with E-state index in [0.29, 0.717) is 17.3 Å². The Hall–Kier alpha value is -1.41. The van der Waals surface area contributed by atoms with Gasteiger partial charge in [-0.3, -0.25) is 4.79 Å². The van der Waals surface area contributed by atoms with Gasteiger partial charge in [-0.25, -0.2) is 5.43 Å². The lowest BCUT2D eigenvalue weighted by molar-refractivity contribution is -0.120. The van der Waals surface area contributed by atoms with Crippen LogP contribution in [0.5, 0.6) is 0 Å². The lowest BCUT2D eigenvalue weighted by atomic mass is 9.45. The van der Waals surface area contributed by atoms with Crippen molar-refractivity contribution in [1.29, 1.82) is 5.26 Å². The molecule has 5 heteroatoms. The second-order valence-corrected chi connectivity index (χ2v) is 10.0. The van der Waals surface area contributed by atoms with Crippen molar-refractivity contribution in [1.82, 2.24) is 5.43 Å². The molecule has 2 N–H and O–H groups in total. The summed E-state index contributed by atoms with van der Waals surface area (Å²) in [7, 11) is 0. The van der Waals surface area contributed by atoms with E-state index in [9.17, 15) is 9.90 Å². The van der Waals surface area contributed by atoms with E-state index >= 15 is 0 Å². The Morgan fingerprint density at radius 3 is 2.81 bits per heavy atom. The molecule has 4 aliphatic rings. The minimum absolute atomic E-state index is 0.0873. The van der Waals surface area contributed by atoms with Gasteiger partial charge in [0.25, 0.3) is 5.91 Å². The Morgan fingerprint density at radius 2 is 2.04 bits per heavy atom. The summed E-state index contributed by atoms with van der Waals surface area (Å²) in [5, 5.41) is 23.3. The molecule has 0 heterocycles. The number of nitriles is 1. The summed E-state index contributed by atoms with van der Waals surface area (Å²) < 4.78 is 0. The highest BCUT2D eigenvalue weighted by molar-refractivity contribution is 5.93. The van der Waals surface area contributed by atoms with Crippen LogP contribution in [-0.4, -0.2) is 22.8 Å². The van der Waals surface area contributed by atoms with Crippen molar-refractivity contribution in [3.05, 3.63) is 0 Å². The second-order valence-electron chi connectivity index (χ2n) is 10.0. The Bertz CT molecular complexity index is 684. The highest BCUT2D eigenvalue weighted by Gasteiger charge is 2.59. The van der Waals surface area contributed by atoms with E-state index in [1.54, 1.807) is 0 Å². The van der Waals surface area contributed by atoms with E-state index in [1.165, 1.54) is 32.1 Å². The van der Waals surface area contributed by atoms with E-state index in [0.717, 1.165) is 43.2 Å². The van der Waals surface area contributed by atoms with Crippen molar-refractivity contribution in [2.24, 2.45) is 39.6 Å². The zero-order chi connectivity index (χ0) is 19.2. The first-order valence-electron chi connectivity index (χ1n) is 10.8. The number of hydrazone groups is 1. The highest BCUT2D eigenvalue weighted by Crippen LogP contribution is 2.65. The third kappa shape index (κ3) is 3.01. The van der Waals surface area contributed by atoms with Gasteiger partial charge in [-0.15, -0.1) is 0 Å². The molecule has 4 rings (SSSR count). The summed E-state index contributed by atoms with van der Waals surface area (Å²) in [6.07, 6.45) is 10.00. The fraction of sp³-hybridized carbons (Fsp3) is 0.864.